The molecule has 5 heteroatoms. The highest BCUT2D eigenvalue weighted by atomic mass is 19.1. The molecule has 2 saturated carbocycles. The van der Waals surface area contributed by atoms with Crippen molar-refractivity contribution in [3.8, 4) is 0 Å². The lowest BCUT2D eigenvalue weighted by atomic mass is 9.84. The summed E-state index contributed by atoms with van der Waals surface area (Å²) < 4.78 is 26.3. The van der Waals surface area contributed by atoms with Crippen LogP contribution in [0.5, 0.6) is 0 Å². The summed E-state index contributed by atoms with van der Waals surface area (Å²) >= 11 is 0. The summed E-state index contributed by atoms with van der Waals surface area (Å²) in [6.07, 6.45) is 5.04. The molecular formula is C16H20F2N2O. The molecule has 2 aliphatic carbocycles. The predicted octanol–water partition coefficient (Wildman–Crippen LogP) is 3.91. The third-order valence-corrected chi connectivity index (χ3v) is 4.97. The number of urea groups is 1. The van der Waals surface area contributed by atoms with E-state index in [1.54, 1.807) is 0 Å². The van der Waals surface area contributed by atoms with Crippen LogP contribution in [0.25, 0.3) is 0 Å². The number of amides is 2. The zero-order chi connectivity index (χ0) is 15.0. The number of anilines is 1. The quantitative estimate of drug-likeness (QED) is 0.872. The van der Waals surface area contributed by atoms with Gasteiger partial charge >= 0.3 is 6.03 Å². The Kier molecular flexibility index (Phi) is 3.83. The highest BCUT2D eigenvalue weighted by Crippen LogP contribution is 2.49. The summed E-state index contributed by atoms with van der Waals surface area (Å²) in [5.74, 6) is 0.633. The minimum atomic E-state index is -0.766. The van der Waals surface area contributed by atoms with E-state index in [9.17, 15) is 13.6 Å². The van der Waals surface area contributed by atoms with Gasteiger partial charge in [0.2, 0.25) is 0 Å². The summed E-state index contributed by atoms with van der Waals surface area (Å²) in [4.78, 5) is 11.9. The lowest BCUT2D eigenvalue weighted by Crippen LogP contribution is -2.42. The minimum absolute atomic E-state index is 0.00552. The molecule has 0 aromatic heterocycles. The van der Waals surface area contributed by atoms with Gasteiger partial charge in [-0.15, -0.1) is 0 Å². The van der Waals surface area contributed by atoms with Crippen LogP contribution in [0, 0.1) is 29.4 Å². The van der Waals surface area contributed by atoms with Crippen molar-refractivity contribution in [3.63, 3.8) is 0 Å². The number of hydrogen-bond donors (Lipinski definition) is 2. The van der Waals surface area contributed by atoms with Crippen molar-refractivity contribution in [2.75, 3.05) is 5.32 Å². The van der Waals surface area contributed by atoms with Gasteiger partial charge in [0.05, 0.1) is 5.69 Å². The zero-order valence-corrected chi connectivity index (χ0v) is 12.0. The lowest BCUT2D eigenvalue weighted by molar-refractivity contribution is 0.230. The first-order chi connectivity index (χ1) is 10.0. The molecule has 2 N–H and O–H groups in total. The van der Waals surface area contributed by atoms with Crippen LogP contribution in [-0.4, -0.2) is 12.1 Å². The van der Waals surface area contributed by atoms with Crippen molar-refractivity contribution in [1.82, 2.24) is 5.32 Å². The van der Waals surface area contributed by atoms with Crippen LogP contribution in [0.2, 0.25) is 0 Å². The van der Waals surface area contributed by atoms with Crippen molar-refractivity contribution in [2.45, 2.75) is 38.6 Å². The van der Waals surface area contributed by atoms with Crippen LogP contribution < -0.4 is 10.6 Å². The maximum absolute atomic E-state index is 13.5. The van der Waals surface area contributed by atoms with E-state index in [1.165, 1.54) is 31.7 Å². The summed E-state index contributed by atoms with van der Waals surface area (Å²) in [5, 5.41) is 5.33. The number of hydrogen-bond acceptors (Lipinski definition) is 1. The Bertz CT molecular complexity index is 549. The first kappa shape index (κ1) is 14.3. The molecule has 1 aromatic carbocycles. The van der Waals surface area contributed by atoms with Gasteiger partial charge in [-0.1, -0.05) is 6.42 Å². The van der Waals surface area contributed by atoms with E-state index in [0.29, 0.717) is 11.8 Å². The molecule has 4 unspecified atom stereocenters. The van der Waals surface area contributed by atoms with Crippen molar-refractivity contribution in [2.24, 2.45) is 17.8 Å². The Hall–Kier alpha value is -1.65. The molecule has 3 rings (SSSR count). The summed E-state index contributed by atoms with van der Waals surface area (Å²) in [7, 11) is 0. The topological polar surface area (TPSA) is 41.1 Å². The fourth-order valence-electron chi connectivity index (χ4n) is 3.97. The van der Waals surface area contributed by atoms with Gasteiger partial charge in [-0.05, 0) is 56.1 Å². The highest BCUT2D eigenvalue weighted by Gasteiger charge is 2.42. The first-order valence-electron chi connectivity index (χ1n) is 7.55. The van der Waals surface area contributed by atoms with E-state index >= 15 is 0 Å². The molecule has 2 bridgehead atoms. The van der Waals surface area contributed by atoms with Gasteiger partial charge in [0.1, 0.15) is 11.6 Å². The molecule has 21 heavy (non-hydrogen) atoms. The smallest absolute Gasteiger partial charge is 0.319 e. The van der Waals surface area contributed by atoms with Crippen molar-refractivity contribution >= 4 is 11.7 Å². The number of nitrogens with one attached hydrogen (secondary N) is 2. The van der Waals surface area contributed by atoms with E-state index < -0.39 is 17.7 Å². The monoisotopic (exact) mass is 294 g/mol. The Labute approximate surface area is 123 Å². The van der Waals surface area contributed by atoms with E-state index in [1.807, 2.05) is 6.92 Å². The Balaban J connectivity index is 1.56. The van der Waals surface area contributed by atoms with Crippen LogP contribution in [-0.2, 0) is 0 Å². The second kappa shape index (κ2) is 5.62. The molecule has 3 nitrogen and oxygen atoms in total. The molecule has 0 saturated heterocycles. The van der Waals surface area contributed by atoms with Crippen molar-refractivity contribution in [3.05, 3.63) is 29.8 Å². The molecule has 2 fully saturated rings. The van der Waals surface area contributed by atoms with Gasteiger partial charge in [0.15, 0.2) is 0 Å². The molecule has 4 atom stereocenters. The second-order valence-corrected chi connectivity index (χ2v) is 6.35. The van der Waals surface area contributed by atoms with E-state index in [-0.39, 0.29) is 11.7 Å². The molecule has 0 aliphatic heterocycles. The van der Waals surface area contributed by atoms with Crippen LogP contribution in [0.3, 0.4) is 0 Å². The standard InChI is InChI=1S/C16H20F2N2O/c1-9(13-7-10-2-3-11(13)6-10)19-16(21)20-15-5-4-12(17)8-14(15)18/h4-5,8-11,13H,2-3,6-7H2,1H3,(H2,19,20,21). The molecular weight excluding hydrogens is 274 g/mol. The van der Waals surface area contributed by atoms with Gasteiger partial charge in [-0.25, -0.2) is 13.6 Å². The number of fused-ring (bicyclic) bond motifs is 2. The summed E-state index contributed by atoms with van der Waals surface area (Å²) in [6, 6.07) is 2.75. The fraction of sp³-hybridized carbons (Fsp3) is 0.562. The molecule has 0 radical (unpaired) electrons. The highest BCUT2D eigenvalue weighted by molar-refractivity contribution is 5.89. The van der Waals surface area contributed by atoms with Crippen molar-refractivity contribution < 1.29 is 13.6 Å². The Morgan fingerprint density at radius 1 is 1.29 bits per heavy atom. The molecule has 114 valence electrons. The Morgan fingerprint density at radius 3 is 2.71 bits per heavy atom. The second-order valence-electron chi connectivity index (χ2n) is 6.35. The molecule has 0 spiro atoms. The van der Waals surface area contributed by atoms with Crippen molar-refractivity contribution in [1.29, 1.82) is 0 Å². The third kappa shape index (κ3) is 3.01. The Morgan fingerprint density at radius 2 is 2.10 bits per heavy atom. The molecule has 1 aromatic rings. The minimum Gasteiger partial charge on any atom is -0.335 e. The number of carbonyl (C=O) groups is 1. The summed E-state index contributed by atoms with van der Waals surface area (Å²) in [6.45, 7) is 2.01. The number of benzene rings is 1. The van der Waals surface area contributed by atoms with E-state index in [0.717, 1.165) is 18.1 Å². The average Bonchev–Trinajstić information content (AvgIpc) is 3.04. The maximum atomic E-state index is 13.5. The fourth-order valence-corrected chi connectivity index (χ4v) is 3.97. The largest absolute Gasteiger partial charge is 0.335 e. The lowest BCUT2D eigenvalue weighted by Gasteiger charge is -2.28. The van der Waals surface area contributed by atoms with E-state index in [4.69, 9.17) is 0 Å². The third-order valence-electron chi connectivity index (χ3n) is 4.97. The first-order valence-corrected chi connectivity index (χ1v) is 7.55. The van der Waals surface area contributed by atoms with Gasteiger partial charge in [-0.3, -0.25) is 0 Å². The average molecular weight is 294 g/mol. The maximum Gasteiger partial charge on any atom is 0.319 e. The van der Waals surface area contributed by atoms with Gasteiger partial charge in [-0.2, -0.15) is 0 Å². The van der Waals surface area contributed by atoms with Gasteiger partial charge in [0, 0.05) is 12.1 Å². The van der Waals surface area contributed by atoms with Gasteiger partial charge in [0.25, 0.3) is 0 Å². The normalized spacial score (nSPS) is 28.4. The van der Waals surface area contributed by atoms with Crippen LogP contribution in [0.4, 0.5) is 19.3 Å². The zero-order valence-electron chi connectivity index (χ0n) is 12.0. The van der Waals surface area contributed by atoms with Crippen LogP contribution in [0.1, 0.15) is 32.6 Å². The number of halogens is 2. The van der Waals surface area contributed by atoms with Crippen LogP contribution in [0.15, 0.2) is 18.2 Å². The number of rotatable bonds is 3. The van der Waals surface area contributed by atoms with E-state index in [2.05, 4.69) is 10.6 Å². The number of carbonyl (C=O) groups excluding carboxylic acids is 1. The summed E-state index contributed by atoms with van der Waals surface area (Å²) in [5.41, 5.74) is -0.00552. The molecule has 2 aliphatic rings. The van der Waals surface area contributed by atoms with Crippen LogP contribution >= 0.6 is 0 Å². The van der Waals surface area contributed by atoms with Gasteiger partial charge < -0.3 is 10.6 Å². The molecule has 2 amide bonds. The predicted molar refractivity (Wildman–Crippen MR) is 76.9 cm³/mol. The SMILES string of the molecule is CC(NC(=O)Nc1ccc(F)cc1F)C1CC2CCC1C2. The molecule has 0 heterocycles.